The fourth-order valence-electron chi connectivity index (χ4n) is 2.02. The van der Waals surface area contributed by atoms with E-state index in [0.29, 0.717) is 18.9 Å². The molecule has 0 aliphatic rings. The summed E-state index contributed by atoms with van der Waals surface area (Å²) in [6.07, 6.45) is 0. The second-order valence-electron chi connectivity index (χ2n) is 4.64. The van der Waals surface area contributed by atoms with Gasteiger partial charge in [-0.3, -0.25) is 0 Å². The molecule has 0 aromatic heterocycles. The number of methoxy groups -OCH3 is 1. The molecule has 2 rings (SSSR count). The van der Waals surface area contributed by atoms with Crippen molar-refractivity contribution >= 4 is 12.4 Å². The molecule has 0 spiro atoms. The first-order chi connectivity index (χ1) is 10.2. The van der Waals surface area contributed by atoms with Crippen LogP contribution in [0.25, 0.3) is 0 Å². The minimum absolute atomic E-state index is 0. The van der Waals surface area contributed by atoms with Gasteiger partial charge in [0, 0.05) is 12.1 Å². The lowest BCUT2D eigenvalue weighted by Gasteiger charge is -2.15. The van der Waals surface area contributed by atoms with Gasteiger partial charge in [-0.25, -0.2) is 4.39 Å². The minimum atomic E-state index is -0.246. The molecule has 120 valence electrons. The Balaban J connectivity index is 0.00000242. The fraction of sp³-hybridized carbons (Fsp3) is 0.294. The third kappa shape index (κ3) is 4.90. The first-order valence-electron chi connectivity index (χ1n) is 6.98. The van der Waals surface area contributed by atoms with Crippen molar-refractivity contribution in [2.75, 3.05) is 13.7 Å². The van der Waals surface area contributed by atoms with E-state index in [1.54, 1.807) is 19.2 Å². The summed E-state index contributed by atoms with van der Waals surface area (Å²) in [6, 6.07) is 12.1. The molecular weight excluding hydrogens is 305 g/mol. The van der Waals surface area contributed by atoms with Crippen molar-refractivity contribution in [2.45, 2.75) is 20.1 Å². The topological polar surface area (TPSA) is 30.5 Å². The maximum atomic E-state index is 12.9. The van der Waals surface area contributed by atoms with E-state index in [1.807, 2.05) is 18.2 Å². The van der Waals surface area contributed by atoms with Crippen molar-refractivity contribution in [3.63, 3.8) is 0 Å². The van der Waals surface area contributed by atoms with Gasteiger partial charge in [0.05, 0.1) is 7.11 Å². The van der Waals surface area contributed by atoms with Crippen LogP contribution >= 0.6 is 12.4 Å². The highest BCUT2D eigenvalue weighted by Crippen LogP contribution is 2.31. The zero-order valence-corrected chi connectivity index (χ0v) is 13.6. The van der Waals surface area contributed by atoms with Gasteiger partial charge in [0.2, 0.25) is 0 Å². The van der Waals surface area contributed by atoms with E-state index >= 15 is 0 Å². The zero-order chi connectivity index (χ0) is 15.1. The molecule has 2 aromatic carbocycles. The number of ether oxygens (including phenoxy) is 2. The number of nitrogens with one attached hydrogen (secondary N) is 1. The van der Waals surface area contributed by atoms with Gasteiger partial charge in [-0.2, -0.15) is 0 Å². The molecule has 5 heteroatoms. The Morgan fingerprint density at radius 2 is 1.82 bits per heavy atom. The van der Waals surface area contributed by atoms with Crippen LogP contribution in [0.3, 0.4) is 0 Å². The summed E-state index contributed by atoms with van der Waals surface area (Å²) in [6.45, 7) is 4.03. The molecule has 1 N–H and O–H groups in total. The highest BCUT2D eigenvalue weighted by Gasteiger charge is 2.10. The quantitative estimate of drug-likeness (QED) is 0.836. The SMILES string of the molecule is CCNCc1cccc(OC)c1OCc1ccc(F)cc1.Cl. The first kappa shape index (κ1) is 18.3. The standard InChI is InChI=1S/C17H20FNO2.ClH/c1-3-19-11-14-5-4-6-16(20-2)17(14)21-12-13-7-9-15(18)10-8-13;/h4-10,19H,3,11-12H2,1-2H3;1H. The molecule has 0 amide bonds. The summed E-state index contributed by atoms with van der Waals surface area (Å²) in [7, 11) is 1.62. The number of rotatable bonds is 7. The maximum absolute atomic E-state index is 12.9. The van der Waals surface area contributed by atoms with Crippen molar-refractivity contribution < 1.29 is 13.9 Å². The van der Waals surface area contributed by atoms with E-state index in [0.717, 1.165) is 23.4 Å². The van der Waals surface area contributed by atoms with Crippen LogP contribution in [0.1, 0.15) is 18.1 Å². The van der Waals surface area contributed by atoms with Gasteiger partial charge in [0.1, 0.15) is 12.4 Å². The number of hydrogen-bond donors (Lipinski definition) is 1. The number of benzene rings is 2. The van der Waals surface area contributed by atoms with Gasteiger partial charge in [-0.1, -0.05) is 31.2 Å². The molecule has 0 radical (unpaired) electrons. The molecule has 2 aromatic rings. The Morgan fingerprint density at radius 1 is 1.09 bits per heavy atom. The van der Waals surface area contributed by atoms with Crippen molar-refractivity contribution in [1.82, 2.24) is 5.32 Å². The van der Waals surface area contributed by atoms with Crippen LogP contribution in [-0.2, 0) is 13.2 Å². The Kier molecular flexibility index (Phi) is 7.71. The van der Waals surface area contributed by atoms with Crippen molar-refractivity contribution in [2.24, 2.45) is 0 Å². The minimum Gasteiger partial charge on any atom is -0.493 e. The third-order valence-electron chi connectivity index (χ3n) is 3.14. The van der Waals surface area contributed by atoms with Gasteiger partial charge in [0.15, 0.2) is 11.5 Å². The molecule has 0 aliphatic heterocycles. The van der Waals surface area contributed by atoms with E-state index in [2.05, 4.69) is 12.2 Å². The second kappa shape index (κ2) is 9.28. The van der Waals surface area contributed by atoms with Crippen LogP contribution in [-0.4, -0.2) is 13.7 Å². The molecule has 3 nitrogen and oxygen atoms in total. The van der Waals surface area contributed by atoms with E-state index in [-0.39, 0.29) is 18.2 Å². The highest BCUT2D eigenvalue weighted by atomic mass is 35.5. The highest BCUT2D eigenvalue weighted by molar-refractivity contribution is 5.85. The molecule has 0 fully saturated rings. The van der Waals surface area contributed by atoms with E-state index in [4.69, 9.17) is 9.47 Å². The summed E-state index contributed by atoms with van der Waals surface area (Å²) in [5.74, 6) is 1.18. The van der Waals surface area contributed by atoms with Crippen molar-refractivity contribution in [3.05, 3.63) is 59.4 Å². The molecule has 22 heavy (non-hydrogen) atoms. The average Bonchev–Trinajstić information content (AvgIpc) is 2.52. The Bertz CT molecular complexity index is 575. The maximum Gasteiger partial charge on any atom is 0.166 e. The monoisotopic (exact) mass is 325 g/mol. The van der Waals surface area contributed by atoms with Crippen LogP contribution in [0.4, 0.5) is 4.39 Å². The van der Waals surface area contributed by atoms with Crippen molar-refractivity contribution in [3.8, 4) is 11.5 Å². The number of hydrogen-bond acceptors (Lipinski definition) is 3. The predicted octanol–water partition coefficient (Wildman–Crippen LogP) is 3.94. The summed E-state index contributed by atoms with van der Waals surface area (Å²) in [5, 5.41) is 3.28. The summed E-state index contributed by atoms with van der Waals surface area (Å²) < 4.78 is 24.2. The van der Waals surface area contributed by atoms with Crippen molar-refractivity contribution in [1.29, 1.82) is 0 Å². The lowest BCUT2D eigenvalue weighted by Crippen LogP contribution is -2.13. The van der Waals surface area contributed by atoms with Gasteiger partial charge < -0.3 is 14.8 Å². The van der Waals surface area contributed by atoms with Gasteiger partial charge in [-0.15, -0.1) is 12.4 Å². The normalized spacial score (nSPS) is 9.95. The van der Waals surface area contributed by atoms with Gasteiger partial charge in [0.25, 0.3) is 0 Å². The average molecular weight is 326 g/mol. The molecule has 0 saturated heterocycles. The summed E-state index contributed by atoms with van der Waals surface area (Å²) in [5.41, 5.74) is 1.95. The van der Waals surface area contributed by atoms with Crippen LogP contribution in [0.5, 0.6) is 11.5 Å². The molecule has 0 heterocycles. The molecule has 0 atom stereocenters. The zero-order valence-electron chi connectivity index (χ0n) is 12.8. The van der Waals surface area contributed by atoms with Crippen LogP contribution in [0.2, 0.25) is 0 Å². The second-order valence-corrected chi connectivity index (χ2v) is 4.64. The molecule has 0 aliphatic carbocycles. The Morgan fingerprint density at radius 3 is 2.45 bits per heavy atom. The Labute approximate surface area is 136 Å². The Hall–Kier alpha value is -1.78. The smallest absolute Gasteiger partial charge is 0.166 e. The molecule has 0 bridgehead atoms. The van der Waals surface area contributed by atoms with E-state index in [1.165, 1.54) is 12.1 Å². The third-order valence-corrected chi connectivity index (χ3v) is 3.14. The lowest BCUT2D eigenvalue weighted by molar-refractivity contribution is 0.280. The predicted molar refractivity (Wildman–Crippen MR) is 88.4 cm³/mol. The fourth-order valence-corrected chi connectivity index (χ4v) is 2.02. The van der Waals surface area contributed by atoms with Crippen LogP contribution in [0.15, 0.2) is 42.5 Å². The van der Waals surface area contributed by atoms with Gasteiger partial charge >= 0.3 is 0 Å². The van der Waals surface area contributed by atoms with Crippen LogP contribution < -0.4 is 14.8 Å². The van der Waals surface area contributed by atoms with Crippen LogP contribution in [0, 0.1) is 5.82 Å². The molecular formula is C17H21ClFNO2. The summed E-state index contributed by atoms with van der Waals surface area (Å²) >= 11 is 0. The molecule has 0 unspecified atom stereocenters. The lowest BCUT2D eigenvalue weighted by atomic mass is 10.1. The largest absolute Gasteiger partial charge is 0.493 e. The van der Waals surface area contributed by atoms with E-state index in [9.17, 15) is 4.39 Å². The first-order valence-corrected chi connectivity index (χ1v) is 6.98. The van der Waals surface area contributed by atoms with E-state index < -0.39 is 0 Å². The van der Waals surface area contributed by atoms with Gasteiger partial charge in [-0.05, 0) is 30.3 Å². The number of para-hydroxylation sites is 1. The summed E-state index contributed by atoms with van der Waals surface area (Å²) in [4.78, 5) is 0. The molecule has 0 saturated carbocycles. The number of halogens is 2.